The van der Waals surface area contributed by atoms with E-state index in [-0.39, 0.29) is 23.7 Å². The molecule has 0 bridgehead atoms. The molecular formula is C19H19NO2. The third-order valence-electron chi connectivity index (χ3n) is 4.34. The predicted octanol–water partition coefficient (Wildman–Crippen LogP) is 3.36. The monoisotopic (exact) mass is 293 g/mol. The van der Waals surface area contributed by atoms with E-state index in [1.165, 1.54) is 10.5 Å². The minimum Gasteiger partial charge on any atom is -0.274 e. The van der Waals surface area contributed by atoms with Crippen LogP contribution in [0.1, 0.15) is 18.1 Å². The molecule has 2 aromatic rings. The van der Waals surface area contributed by atoms with Crippen LogP contribution in [0.15, 0.2) is 54.6 Å². The summed E-state index contributed by atoms with van der Waals surface area (Å²) in [4.78, 5) is 26.5. The van der Waals surface area contributed by atoms with Gasteiger partial charge < -0.3 is 0 Å². The van der Waals surface area contributed by atoms with Crippen molar-refractivity contribution in [1.29, 1.82) is 0 Å². The summed E-state index contributed by atoms with van der Waals surface area (Å²) >= 11 is 0. The molecule has 0 unspecified atom stereocenters. The number of carbonyl (C=O) groups is 2. The third kappa shape index (κ3) is 2.54. The molecule has 1 saturated heterocycles. The number of hydrogen-bond acceptors (Lipinski definition) is 2. The number of nitrogens with zero attached hydrogens (tertiary/aromatic N) is 1. The van der Waals surface area contributed by atoms with Gasteiger partial charge in [0, 0.05) is 5.92 Å². The zero-order chi connectivity index (χ0) is 15.7. The Labute approximate surface area is 130 Å². The number of para-hydroxylation sites is 1. The highest BCUT2D eigenvalue weighted by Crippen LogP contribution is 2.32. The smallest absolute Gasteiger partial charge is 0.238 e. The molecule has 0 spiro atoms. The molecule has 0 saturated carbocycles. The summed E-state index contributed by atoms with van der Waals surface area (Å²) in [6.45, 7) is 3.88. The van der Waals surface area contributed by atoms with E-state index in [0.29, 0.717) is 12.1 Å². The van der Waals surface area contributed by atoms with Gasteiger partial charge in [0.2, 0.25) is 11.8 Å². The van der Waals surface area contributed by atoms with E-state index in [9.17, 15) is 9.59 Å². The van der Waals surface area contributed by atoms with Crippen LogP contribution in [0.5, 0.6) is 0 Å². The van der Waals surface area contributed by atoms with Crippen LogP contribution in [0.25, 0.3) is 0 Å². The Morgan fingerprint density at radius 1 is 0.909 bits per heavy atom. The number of aryl methyl sites for hydroxylation is 1. The second-order valence-electron chi connectivity index (χ2n) is 5.93. The van der Waals surface area contributed by atoms with E-state index in [1.54, 1.807) is 12.1 Å². The predicted molar refractivity (Wildman–Crippen MR) is 86.5 cm³/mol. The van der Waals surface area contributed by atoms with Crippen molar-refractivity contribution in [3.8, 4) is 0 Å². The molecule has 112 valence electrons. The van der Waals surface area contributed by atoms with Gasteiger partial charge in [-0.1, -0.05) is 55.0 Å². The van der Waals surface area contributed by atoms with E-state index in [4.69, 9.17) is 0 Å². The highest BCUT2D eigenvalue weighted by atomic mass is 16.2. The Balaban J connectivity index is 1.86. The molecule has 0 aromatic heterocycles. The minimum atomic E-state index is -0.283. The van der Waals surface area contributed by atoms with Gasteiger partial charge >= 0.3 is 0 Å². The normalized spacial score (nSPS) is 21.5. The Kier molecular flexibility index (Phi) is 3.80. The standard InChI is InChI=1S/C19H19NO2/c1-13-8-10-15(11-9-13)12-17-14(2)18(21)20(19(17)22)16-6-4-3-5-7-16/h3-11,14,17H,12H2,1-2H3/t14-,17+/m0/s1. The fraction of sp³-hybridized carbons (Fsp3) is 0.263. The summed E-state index contributed by atoms with van der Waals surface area (Å²) in [5.74, 6) is -0.762. The molecular weight excluding hydrogens is 274 g/mol. The highest BCUT2D eigenvalue weighted by molar-refractivity contribution is 6.21. The van der Waals surface area contributed by atoms with Gasteiger partial charge in [-0.05, 0) is 31.0 Å². The van der Waals surface area contributed by atoms with Gasteiger partial charge in [-0.3, -0.25) is 14.5 Å². The number of imide groups is 1. The third-order valence-corrected chi connectivity index (χ3v) is 4.34. The molecule has 2 aromatic carbocycles. The van der Waals surface area contributed by atoms with Crippen molar-refractivity contribution in [3.05, 3.63) is 65.7 Å². The number of rotatable bonds is 3. The summed E-state index contributed by atoms with van der Waals surface area (Å²) < 4.78 is 0. The topological polar surface area (TPSA) is 37.4 Å². The first kappa shape index (κ1) is 14.5. The lowest BCUT2D eigenvalue weighted by atomic mass is 9.90. The number of hydrogen-bond donors (Lipinski definition) is 0. The first-order chi connectivity index (χ1) is 10.6. The maximum Gasteiger partial charge on any atom is 0.238 e. The molecule has 2 amide bonds. The van der Waals surface area contributed by atoms with Crippen LogP contribution in [0.2, 0.25) is 0 Å². The summed E-state index contributed by atoms with van der Waals surface area (Å²) in [5, 5.41) is 0. The SMILES string of the molecule is Cc1ccc(C[C@H]2C(=O)N(c3ccccc3)C(=O)[C@H]2C)cc1. The van der Waals surface area contributed by atoms with Crippen molar-refractivity contribution in [1.82, 2.24) is 0 Å². The fourth-order valence-electron chi connectivity index (χ4n) is 2.94. The molecule has 3 nitrogen and oxygen atoms in total. The molecule has 0 N–H and O–H groups in total. The average molecular weight is 293 g/mol. The summed E-state index contributed by atoms with van der Waals surface area (Å²) in [5.41, 5.74) is 2.95. The van der Waals surface area contributed by atoms with Crippen molar-refractivity contribution in [2.24, 2.45) is 11.8 Å². The number of amides is 2. The van der Waals surface area contributed by atoms with Crippen LogP contribution in [0.4, 0.5) is 5.69 Å². The molecule has 1 heterocycles. The maximum atomic E-state index is 12.7. The number of benzene rings is 2. The van der Waals surface area contributed by atoms with Gasteiger partial charge in [0.1, 0.15) is 0 Å². The lowest BCUT2D eigenvalue weighted by molar-refractivity contribution is -0.122. The zero-order valence-electron chi connectivity index (χ0n) is 12.8. The lowest BCUT2D eigenvalue weighted by Crippen LogP contribution is -2.31. The van der Waals surface area contributed by atoms with E-state index in [0.717, 1.165) is 5.56 Å². The van der Waals surface area contributed by atoms with Gasteiger partial charge in [-0.25, -0.2) is 0 Å². The number of anilines is 1. The van der Waals surface area contributed by atoms with Crippen LogP contribution in [-0.2, 0) is 16.0 Å². The van der Waals surface area contributed by atoms with Crippen molar-refractivity contribution < 1.29 is 9.59 Å². The van der Waals surface area contributed by atoms with Crippen molar-refractivity contribution in [2.75, 3.05) is 4.90 Å². The molecule has 0 radical (unpaired) electrons. The summed E-state index contributed by atoms with van der Waals surface area (Å²) in [6, 6.07) is 17.3. The van der Waals surface area contributed by atoms with Gasteiger partial charge in [0.05, 0.1) is 11.6 Å². The van der Waals surface area contributed by atoms with Gasteiger partial charge in [0.25, 0.3) is 0 Å². The Hall–Kier alpha value is -2.42. The number of carbonyl (C=O) groups excluding carboxylic acids is 2. The first-order valence-corrected chi connectivity index (χ1v) is 7.56. The van der Waals surface area contributed by atoms with Crippen LogP contribution < -0.4 is 4.90 Å². The maximum absolute atomic E-state index is 12.7. The van der Waals surface area contributed by atoms with E-state index in [2.05, 4.69) is 0 Å². The molecule has 1 aliphatic rings. The second kappa shape index (κ2) is 5.76. The van der Waals surface area contributed by atoms with Crippen molar-refractivity contribution in [2.45, 2.75) is 20.3 Å². The largest absolute Gasteiger partial charge is 0.274 e. The fourth-order valence-corrected chi connectivity index (χ4v) is 2.94. The Bertz CT molecular complexity index is 691. The first-order valence-electron chi connectivity index (χ1n) is 7.56. The Morgan fingerprint density at radius 3 is 2.18 bits per heavy atom. The highest BCUT2D eigenvalue weighted by Gasteiger charge is 2.45. The van der Waals surface area contributed by atoms with Crippen molar-refractivity contribution >= 4 is 17.5 Å². The molecule has 3 rings (SSSR count). The molecule has 1 aliphatic heterocycles. The molecule has 3 heteroatoms. The summed E-state index contributed by atoms with van der Waals surface area (Å²) in [7, 11) is 0. The van der Waals surface area contributed by atoms with Gasteiger partial charge in [-0.15, -0.1) is 0 Å². The zero-order valence-corrected chi connectivity index (χ0v) is 12.8. The van der Waals surface area contributed by atoms with Crippen LogP contribution in [0.3, 0.4) is 0 Å². The minimum absolute atomic E-state index is 0.0933. The quantitative estimate of drug-likeness (QED) is 0.814. The van der Waals surface area contributed by atoms with E-state index in [1.807, 2.05) is 56.3 Å². The van der Waals surface area contributed by atoms with Crippen LogP contribution in [0, 0.1) is 18.8 Å². The lowest BCUT2D eigenvalue weighted by Gasteiger charge is -2.14. The van der Waals surface area contributed by atoms with Gasteiger partial charge in [0.15, 0.2) is 0 Å². The summed E-state index contributed by atoms with van der Waals surface area (Å²) in [6.07, 6.45) is 0.607. The average Bonchev–Trinajstić information content (AvgIpc) is 2.74. The molecule has 1 fully saturated rings. The Morgan fingerprint density at radius 2 is 1.55 bits per heavy atom. The second-order valence-corrected chi connectivity index (χ2v) is 5.93. The van der Waals surface area contributed by atoms with E-state index >= 15 is 0 Å². The molecule has 0 aliphatic carbocycles. The van der Waals surface area contributed by atoms with E-state index < -0.39 is 0 Å². The van der Waals surface area contributed by atoms with Crippen molar-refractivity contribution in [3.63, 3.8) is 0 Å². The van der Waals surface area contributed by atoms with Crippen LogP contribution in [-0.4, -0.2) is 11.8 Å². The molecule has 22 heavy (non-hydrogen) atoms. The molecule has 2 atom stereocenters. The van der Waals surface area contributed by atoms with Crippen LogP contribution >= 0.6 is 0 Å². The van der Waals surface area contributed by atoms with Gasteiger partial charge in [-0.2, -0.15) is 0 Å².